The van der Waals surface area contributed by atoms with Crippen molar-refractivity contribution in [2.45, 2.75) is 64.3 Å². The molecule has 3 N–H and O–H groups in total. The minimum absolute atomic E-state index is 0.130. The van der Waals surface area contributed by atoms with Crippen LogP contribution in [0.2, 0.25) is 0 Å². The number of nitrogens with two attached hydrogens (primary N) is 1. The molecule has 0 spiro atoms. The molecule has 1 aliphatic carbocycles. The molecular weight excluding hydrogens is 470 g/mol. The number of esters is 1. The molecule has 0 radical (unpaired) electrons. The molecule has 0 aromatic heterocycles. The van der Waals surface area contributed by atoms with Crippen molar-refractivity contribution in [2.75, 3.05) is 31.1 Å². The van der Waals surface area contributed by atoms with E-state index in [1.807, 2.05) is 6.92 Å². The Hall–Kier alpha value is -3.39. The molecule has 200 valence electrons. The number of rotatable bonds is 14. The number of unbranched alkanes of at least 4 members (excludes halogenated alkanes) is 1. The zero-order chi connectivity index (χ0) is 26.6. The van der Waals surface area contributed by atoms with Gasteiger partial charge in [0.1, 0.15) is 0 Å². The predicted octanol–water partition coefficient (Wildman–Crippen LogP) is 5.16. The second-order valence-electron chi connectivity index (χ2n) is 9.52. The van der Waals surface area contributed by atoms with E-state index in [0.29, 0.717) is 50.3 Å². The van der Waals surface area contributed by atoms with E-state index in [2.05, 4.69) is 29.2 Å². The second kappa shape index (κ2) is 14.4. The molecule has 8 heteroatoms. The third-order valence-corrected chi connectivity index (χ3v) is 6.85. The highest BCUT2D eigenvalue weighted by Crippen LogP contribution is 2.34. The fraction of sp³-hybridized carbons (Fsp3) is 0.483. The smallest absolute Gasteiger partial charge is 0.338 e. The van der Waals surface area contributed by atoms with E-state index >= 15 is 0 Å². The van der Waals surface area contributed by atoms with Gasteiger partial charge in [-0.3, -0.25) is 14.6 Å². The van der Waals surface area contributed by atoms with Crippen LogP contribution in [0.15, 0.2) is 48.5 Å². The zero-order valence-electron chi connectivity index (χ0n) is 21.7. The number of fused-ring (bicyclic) bond motifs is 1. The lowest BCUT2D eigenvalue weighted by atomic mass is 9.86. The molecule has 0 bridgehead atoms. The van der Waals surface area contributed by atoms with E-state index in [4.69, 9.17) is 15.6 Å². The van der Waals surface area contributed by atoms with Gasteiger partial charge < -0.3 is 15.6 Å². The van der Waals surface area contributed by atoms with Crippen molar-refractivity contribution in [2.24, 2.45) is 5.73 Å². The first-order valence-electron chi connectivity index (χ1n) is 13.3. The molecule has 8 nitrogen and oxygen atoms in total. The average molecular weight is 510 g/mol. The minimum Gasteiger partial charge on any atom is -0.481 e. The second-order valence-corrected chi connectivity index (χ2v) is 9.52. The first kappa shape index (κ1) is 28.2. The number of ether oxygens (including phenoxy) is 1. The van der Waals surface area contributed by atoms with Gasteiger partial charge in [-0.2, -0.15) is 0 Å². The number of carbonyl (C=O) groups is 3. The highest BCUT2D eigenvalue weighted by Gasteiger charge is 2.26. The number of aliphatic carboxylic acids is 1. The van der Waals surface area contributed by atoms with Crippen molar-refractivity contribution >= 4 is 23.7 Å². The Kier molecular flexibility index (Phi) is 11.0. The van der Waals surface area contributed by atoms with Crippen molar-refractivity contribution in [1.29, 1.82) is 0 Å². The fourth-order valence-electron chi connectivity index (χ4n) is 4.93. The normalized spacial score (nSPS) is 14.7. The maximum Gasteiger partial charge on any atom is 0.338 e. The molecular formula is C29H39N3O5. The summed E-state index contributed by atoms with van der Waals surface area (Å²) in [6, 6.07) is 14.9. The van der Waals surface area contributed by atoms with Gasteiger partial charge in [-0.25, -0.2) is 9.59 Å². The molecule has 0 saturated heterocycles. The number of hydrogen-bond acceptors (Lipinski definition) is 5. The van der Waals surface area contributed by atoms with Crippen LogP contribution in [0.3, 0.4) is 0 Å². The molecule has 3 rings (SSSR count). The number of nitrogens with zero attached hydrogens (tertiary/aromatic N) is 2. The van der Waals surface area contributed by atoms with Crippen molar-refractivity contribution < 1.29 is 24.2 Å². The Morgan fingerprint density at radius 1 is 1.00 bits per heavy atom. The van der Waals surface area contributed by atoms with Crippen LogP contribution in [-0.4, -0.2) is 54.2 Å². The quantitative estimate of drug-likeness (QED) is 0.269. The predicted molar refractivity (Wildman–Crippen MR) is 144 cm³/mol. The molecule has 1 atom stereocenters. The first-order valence-corrected chi connectivity index (χ1v) is 13.3. The van der Waals surface area contributed by atoms with Crippen LogP contribution in [0, 0.1) is 0 Å². The standard InChI is InChI=1S/C29H39N3O5/c1-2-3-21-37-28(35)23-14-16-24(17-15-23)32(29(30)36)20-8-19-31(18-7-13-27(33)34)26-12-6-10-22-9-4-5-11-25(22)26/h4-5,9,11,14-17,26H,2-3,6-8,10,12-13,18-21H2,1H3,(H2,30,36)(H,33,34). The summed E-state index contributed by atoms with van der Waals surface area (Å²) in [5.74, 6) is -1.17. The Labute approximate surface area is 219 Å². The number of aryl methyl sites for hydroxylation is 1. The van der Waals surface area contributed by atoms with Crippen LogP contribution in [0.5, 0.6) is 0 Å². The summed E-state index contributed by atoms with van der Waals surface area (Å²) in [5, 5.41) is 9.13. The SMILES string of the molecule is CCCCOC(=O)c1ccc(N(CCCN(CCCC(=O)O)C2CCCc3ccccc32)C(N)=O)cc1. The van der Waals surface area contributed by atoms with Gasteiger partial charge in [0.2, 0.25) is 0 Å². The van der Waals surface area contributed by atoms with Gasteiger partial charge in [-0.15, -0.1) is 0 Å². The molecule has 2 aromatic carbocycles. The van der Waals surface area contributed by atoms with Gasteiger partial charge in [-0.1, -0.05) is 37.6 Å². The zero-order valence-corrected chi connectivity index (χ0v) is 21.7. The Morgan fingerprint density at radius 2 is 1.73 bits per heavy atom. The number of primary amides is 1. The lowest BCUT2D eigenvalue weighted by Gasteiger charge is -2.36. The number of benzene rings is 2. The molecule has 0 aliphatic heterocycles. The van der Waals surface area contributed by atoms with Crippen molar-refractivity contribution in [3.05, 3.63) is 65.2 Å². The molecule has 37 heavy (non-hydrogen) atoms. The van der Waals surface area contributed by atoms with Crippen LogP contribution in [-0.2, 0) is 16.0 Å². The summed E-state index contributed by atoms with van der Waals surface area (Å²) in [7, 11) is 0. The number of urea groups is 1. The summed E-state index contributed by atoms with van der Waals surface area (Å²) in [6.45, 7) is 4.23. The summed E-state index contributed by atoms with van der Waals surface area (Å²) < 4.78 is 5.25. The van der Waals surface area contributed by atoms with Gasteiger partial charge in [0, 0.05) is 31.2 Å². The summed E-state index contributed by atoms with van der Waals surface area (Å²) >= 11 is 0. The Morgan fingerprint density at radius 3 is 2.43 bits per heavy atom. The van der Waals surface area contributed by atoms with Crippen molar-refractivity contribution in [1.82, 2.24) is 4.90 Å². The van der Waals surface area contributed by atoms with Gasteiger partial charge >= 0.3 is 18.0 Å². The molecule has 1 unspecified atom stereocenters. The fourth-order valence-corrected chi connectivity index (χ4v) is 4.93. The molecule has 0 saturated carbocycles. The maximum atomic E-state index is 12.3. The molecule has 2 aromatic rings. The highest BCUT2D eigenvalue weighted by atomic mass is 16.5. The van der Waals surface area contributed by atoms with Gasteiger partial charge in [-0.05, 0) is 80.5 Å². The third-order valence-electron chi connectivity index (χ3n) is 6.85. The van der Waals surface area contributed by atoms with Crippen molar-refractivity contribution in [3.63, 3.8) is 0 Å². The number of carboxylic acid groups (broad SMARTS) is 1. The van der Waals surface area contributed by atoms with E-state index in [1.54, 1.807) is 24.3 Å². The van der Waals surface area contributed by atoms with E-state index in [0.717, 1.165) is 32.1 Å². The van der Waals surface area contributed by atoms with Gasteiger partial charge in [0.15, 0.2) is 0 Å². The van der Waals surface area contributed by atoms with E-state index in [-0.39, 0.29) is 18.4 Å². The summed E-state index contributed by atoms with van der Waals surface area (Å²) in [6.07, 6.45) is 6.33. The molecule has 0 heterocycles. The van der Waals surface area contributed by atoms with Crippen LogP contribution in [0.4, 0.5) is 10.5 Å². The van der Waals surface area contributed by atoms with Crippen LogP contribution < -0.4 is 10.6 Å². The number of carboxylic acids is 1. The lowest BCUT2D eigenvalue weighted by molar-refractivity contribution is -0.137. The topological polar surface area (TPSA) is 113 Å². The summed E-state index contributed by atoms with van der Waals surface area (Å²) in [5.41, 5.74) is 9.43. The highest BCUT2D eigenvalue weighted by molar-refractivity contribution is 5.93. The third kappa shape index (κ3) is 8.32. The Balaban J connectivity index is 1.65. The number of anilines is 1. The monoisotopic (exact) mass is 509 g/mol. The van der Waals surface area contributed by atoms with Gasteiger partial charge in [0.05, 0.1) is 12.2 Å². The van der Waals surface area contributed by atoms with E-state index < -0.39 is 12.0 Å². The van der Waals surface area contributed by atoms with E-state index in [9.17, 15) is 14.4 Å². The molecule has 2 amide bonds. The van der Waals surface area contributed by atoms with Gasteiger partial charge in [0.25, 0.3) is 0 Å². The molecule has 1 aliphatic rings. The van der Waals surface area contributed by atoms with Crippen LogP contribution in [0.1, 0.15) is 79.4 Å². The van der Waals surface area contributed by atoms with Crippen LogP contribution >= 0.6 is 0 Å². The summed E-state index contributed by atoms with van der Waals surface area (Å²) in [4.78, 5) is 39.4. The first-order chi connectivity index (χ1) is 17.9. The Bertz CT molecular complexity index is 1040. The number of hydrogen-bond donors (Lipinski definition) is 2. The maximum absolute atomic E-state index is 12.3. The number of amides is 2. The van der Waals surface area contributed by atoms with Crippen molar-refractivity contribution in [3.8, 4) is 0 Å². The molecule has 0 fully saturated rings. The minimum atomic E-state index is -0.790. The lowest BCUT2D eigenvalue weighted by Crippen LogP contribution is -2.39. The van der Waals surface area contributed by atoms with E-state index in [1.165, 1.54) is 16.0 Å². The average Bonchev–Trinajstić information content (AvgIpc) is 2.89. The largest absolute Gasteiger partial charge is 0.481 e. The number of carbonyl (C=O) groups excluding carboxylic acids is 2. The van der Waals surface area contributed by atoms with Crippen LogP contribution in [0.25, 0.3) is 0 Å².